The molecule has 0 amide bonds. The molecule has 0 heterocycles. The lowest BCUT2D eigenvalue weighted by Gasteiger charge is -2.10. The molecule has 0 saturated heterocycles. The zero-order valence-corrected chi connectivity index (χ0v) is 9.88. The molecule has 2 aromatic rings. The number of halogens is 2. The van der Waals surface area contributed by atoms with Crippen molar-refractivity contribution in [1.82, 2.24) is 0 Å². The van der Waals surface area contributed by atoms with Gasteiger partial charge in [0.15, 0.2) is 11.6 Å². The van der Waals surface area contributed by atoms with E-state index in [9.17, 15) is 18.8 Å². The van der Waals surface area contributed by atoms with Crippen LogP contribution in [0.4, 0.5) is 8.78 Å². The maximum atomic E-state index is 13.0. The highest BCUT2D eigenvalue weighted by Gasteiger charge is 2.15. The summed E-state index contributed by atoms with van der Waals surface area (Å²) in [6.45, 7) is 0.0267. The Kier molecular flexibility index (Phi) is 4.14. The summed E-state index contributed by atoms with van der Waals surface area (Å²) < 4.78 is 31.0. The van der Waals surface area contributed by atoms with Crippen molar-refractivity contribution < 1.29 is 23.6 Å². The van der Waals surface area contributed by atoms with Crippen LogP contribution >= 0.6 is 0 Å². The number of benzene rings is 2. The third kappa shape index (κ3) is 3.30. The fraction of sp³-hybridized carbons (Fsp3) is 0.0769. The van der Waals surface area contributed by atoms with Gasteiger partial charge in [0.05, 0.1) is 0 Å². The molecule has 19 heavy (non-hydrogen) atoms. The van der Waals surface area contributed by atoms with Gasteiger partial charge in [-0.3, -0.25) is 0 Å². The first-order valence-corrected chi connectivity index (χ1v) is 5.59. The molecule has 0 fully saturated rings. The van der Waals surface area contributed by atoms with Crippen LogP contribution in [0.5, 0.6) is 5.75 Å². The Morgan fingerprint density at radius 2 is 1.74 bits per heavy atom. The van der Waals surface area contributed by atoms with E-state index in [1.165, 1.54) is 6.07 Å². The van der Waals surface area contributed by atoms with Gasteiger partial charge in [-0.1, -0.05) is 24.3 Å². The number of hydrogen-bond acceptors (Lipinski definition) is 3. The Morgan fingerprint density at radius 3 is 2.42 bits per heavy atom. The summed E-state index contributed by atoms with van der Waals surface area (Å²) in [5.41, 5.74) is 0.868. The van der Waals surface area contributed by atoms with Gasteiger partial charge < -0.3 is 14.8 Å². The van der Waals surface area contributed by atoms with Crippen LogP contribution < -0.4 is 10.2 Å². The molecule has 2 N–H and O–H groups in total. The number of ether oxygens (including phenoxy) is 1. The van der Waals surface area contributed by atoms with E-state index in [2.05, 4.69) is 0 Å². The van der Waals surface area contributed by atoms with Gasteiger partial charge in [-0.25, -0.2) is 8.78 Å². The molecule has 0 bridgehead atoms. The van der Waals surface area contributed by atoms with Gasteiger partial charge in [-0.2, -0.15) is 0 Å². The lowest BCUT2D eigenvalue weighted by molar-refractivity contribution is 0.303. The van der Waals surface area contributed by atoms with Crippen molar-refractivity contribution in [2.75, 3.05) is 0 Å². The third-order valence-corrected chi connectivity index (χ3v) is 2.62. The number of rotatable bonds is 4. The second kappa shape index (κ2) is 5.82. The van der Waals surface area contributed by atoms with E-state index in [4.69, 9.17) is 4.74 Å². The van der Waals surface area contributed by atoms with Crippen molar-refractivity contribution in [2.24, 2.45) is 0 Å². The summed E-state index contributed by atoms with van der Waals surface area (Å²) in [7, 11) is -1.61. The Balaban J connectivity index is 2.12. The van der Waals surface area contributed by atoms with Crippen LogP contribution in [-0.4, -0.2) is 17.2 Å². The normalized spacial score (nSPS) is 10.3. The van der Waals surface area contributed by atoms with Crippen LogP contribution in [0.3, 0.4) is 0 Å². The summed E-state index contributed by atoms with van der Waals surface area (Å²) >= 11 is 0. The fourth-order valence-corrected chi connectivity index (χ4v) is 1.65. The highest BCUT2D eigenvalue weighted by Crippen LogP contribution is 2.16. The van der Waals surface area contributed by atoms with Crippen LogP contribution in [0.15, 0.2) is 42.5 Å². The molecule has 0 radical (unpaired) electrons. The lowest BCUT2D eigenvalue weighted by Crippen LogP contribution is -2.33. The predicted molar refractivity (Wildman–Crippen MR) is 67.0 cm³/mol. The van der Waals surface area contributed by atoms with Gasteiger partial charge >= 0.3 is 7.12 Å². The molecule has 98 valence electrons. The Labute approximate surface area is 109 Å². The maximum Gasteiger partial charge on any atom is 0.488 e. The molecular formula is C13H11BF2O3. The smallest absolute Gasteiger partial charge is 0.488 e. The van der Waals surface area contributed by atoms with E-state index >= 15 is 0 Å². The topological polar surface area (TPSA) is 49.7 Å². The molecule has 0 aliphatic carbocycles. The van der Waals surface area contributed by atoms with E-state index in [-0.39, 0.29) is 12.4 Å². The van der Waals surface area contributed by atoms with Crippen molar-refractivity contribution in [2.45, 2.75) is 6.61 Å². The molecular weight excluding hydrogens is 253 g/mol. The van der Waals surface area contributed by atoms with E-state index in [0.29, 0.717) is 11.0 Å². The molecule has 0 aliphatic heterocycles. The fourth-order valence-electron chi connectivity index (χ4n) is 1.65. The molecule has 0 spiro atoms. The predicted octanol–water partition coefficient (Wildman–Crippen LogP) is 1.22. The molecule has 3 nitrogen and oxygen atoms in total. The first kappa shape index (κ1) is 13.5. The minimum atomic E-state index is -1.61. The summed E-state index contributed by atoms with van der Waals surface area (Å²) in [5.74, 6) is -1.77. The summed E-state index contributed by atoms with van der Waals surface area (Å²) in [6.07, 6.45) is 0. The van der Waals surface area contributed by atoms with Crippen LogP contribution in [0.25, 0.3) is 0 Å². The highest BCUT2D eigenvalue weighted by atomic mass is 19.2. The Bertz CT molecular complexity index is 576. The maximum absolute atomic E-state index is 13.0. The molecule has 0 aromatic heterocycles. The highest BCUT2D eigenvalue weighted by molar-refractivity contribution is 6.59. The van der Waals surface area contributed by atoms with Gasteiger partial charge in [-0.15, -0.1) is 0 Å². The van der Waals surface area contributed by atoms with E-state index in [1.807, 2.05) is 0 Å². The van der Waals surface area contributed by atoms with Crippen molar-refractivity contribution in [3.8, 4) is 5.75 Å². The van der Waals surface area contributed by atoms with Gasteiger partial charge in [-0.05, 0) is 23.2 Å². The average Bonchev–Trinajstić information content (AvgIpc) is 2.40. The van der Waals surface area contributed by atoms with Crippen LogP contribution in [0.1, 0.15) is 5.56 Å². The second-order valence-electron chi connectivity index (χ2n) is 3.94. The van der Waals surface area contributed by atoms with Gasteiger partial charge in [0, 0.05) is 6.07 Å². The van der Waals surface area contributed by atoms with Crippen LogP contribution in [0.2, 0.25) is 0 Å². The quantitative estimate of drug-likeness (QED) is 0.816. The Morgan fingerprint density at radius 1 is 1.00 bits per heavy atom. The average molecular weight is 264 g/mol. The second-order valence-corrected chi connectivity index (χ2v) is 3.94. The molecule has 6 heteroatoms. The van der Waals surface area contributed by atoms with Gasteiger partial charge in [0.1, 0.15) is 12.4 Å². The van der Waals surface area contributed by atoms with Crippen LogP contribution in [0, 0.1) is 11.6 Å². The van der Waals surface area contributed by atoms with Gasteiger partial charge in [0.25, 0.3) is 0 Å². The van der Waals surface area contributed by atoms with Crippen LogP contribution in [-0.2, 0) is 6.61 Å². The molecule has 0 saturated carbocycles. The first-order valence-electron chi connectivity index (χ1n) is 5.59. The number of hydrogen-bond donors (Lipinski definition) is 2. The SMILES string of the molecule is OB(O)c1ccccc1COc1ccc(F)c(F)c1. The van der Waals surface area contributed by atoms with E-state index in [1.54, 1.807) is 24.3 Å². The summed E-state index contributed by atoms with van der Waals surface area (Å²) in [5, 5.41) is 18.3. The molecule has 2 rings (SSSR count). The largest absolute Gasteiger partial charge is 0.489 e. The molecule has 0 unspecified atom stereocenters. The van der Waals surface area contributed by atoms with Crippen molar-refractivity contribution in [3.63, 3.8) is 0 Å². The molecule has 2 aromatic carbocycles. The van der Waals surface area contributed by atoms with Crippen molar-refractivity contribution in [3.05, 3.63) is 59.7 Å². The van der Waals surface area contributed by atoms with E-state index in [0.717, 1.165) is 12.1 Å². The van der Waals surface area contributed by atoms with Crippen molar-refractivity contribution in [1.29, 1.82) is 0 Å². The zero-order chi connectivity index (χ0) is 13.8. The summed E-state index contributed by atoms with van der Waals surface area (Å²) in [4.78, 5) is 0. The van der Waals surface area contributed by atoms with Gasteiger partial charge in [0.2, 0.25) is 0 Å². The minimum Gasteiger partial charge on any atom is -0.489 e. The Hall–Kier alpha value is -1.92. The standard InChI is InChI=1S/C13H11BF2O3/c15-12-6-5-10(7-13(12)16)19-8-9-3-1-2-4-11(9)14(17)18/h1-7,17-18H,8H2. The monoisotopic (exact) mass is 264 g/mol. The molecule has 0 aliphatic rings. The zero-order valence-electron chi connectivity index (χ0n) is 9.88. The lowest BCUT2D eigenvalue weighted by atomic mass is 9.77. The first-order chi connectivity index (χ1) is 9.08. The minimum absolute atomic E-state index is 0.0267. The van der Waals surface area contributed by atoms with Crippen molar-refractivity contribution >= 4 is 12.6 Å². The third-order valence-electron chi connectivity index (χ3n) is 2.62. The van der Waals surface area contributed by atoms with E-state index < -0.39 is 18.8 Å². The summed E-state index contributed by atoms with van der Waals surface area (Å²) in [6, 6.07) is 9.80. The molecule has 0 atom stereocenters.